The van der Waals surface area contributed by atoms with Crippen molar-refractivity contribution < 1.29 is 17.9 Å². The van der Waals surface area contributed by atoms with E-state index in [9.17, 15) is 13.2 Å². The minimum atomic E-state index is -2.96. The number of carbonyl (C=O) groups is 1. The van der Waals surface area contributed by atoms with Gasteiger partial charge in [0.15, 0.2) is 9.84 Å². The Hall–Kier alpha value is -0.880. The van der Waals surface area contributed by atoms with Crippen molar-refractivity contribution in [2.75, 3.05) is 18.1 Å². The number of nitrogens with one attached hydrogen (secondary N) is 1. The molecule has 6 atom stereocenters. The molecule has 0 aromatic carbocycles. The molecule has 6 heteroatoms. The molecule has 0 aromatic heterocycles. The lowest BCUT2D eigenvalue weighted by Crippen LogP contribution is -2.49. The van der Waals surface area contributed by atoms with Gasteiger partial charge in [-0.3, -0.25) is 4.79 Å². The third-order valence-corrected chi connectivity index (χ3v) is 9.48. The van der Waals surface area contributed by atoms with Crippen molar-refractivity contribution in [1.29, 1.82) is 0 Å². The van der Waals surface area contributed by atoms with Crippen molar-refractivity contribution in [1.82, 2.24) is 5.32 Å². The predicted octanol–water partition coefficient (Wildman–Crippen LogP) is 2.47. The molecule has 2 heterocycles. The highest BCUT2D eigenvalue weighted by molar-refractivity contribution is 7.91. The van der Waals surface area contributed by atoms with E-state index in [0.29, 0.717) is 18.9 Å². The molecule has 2 aliphatic heterocycles. The maximum atomic E-state index is 12.6. The number of ether oxygens (including phenoxy) is 1. The Morgan fingerprint density at radius 1 is 1.31 bits per heavy atom. The van der Waals surface area contributed by atoms with Crippen LogP contribution in [0, 0.1) is 23.2 Å². The second kappa shape index (κ2) is 6.06. The van der Waals surface area contributed by atoms with Gasteiger partial charge in [-0.25, -0.2) is 8.42 Å². The van der Waals surface area contributed by atoms with Gasteiger partial charge < -0.3 is 10.1 Å². The Morgan fingerprint density at radius 2 is 2.08 bits per heavy atom. The summed E-state index contributed by atoms with van der Waals surface area (Å²) in [6.45, 7) is 9.14. The second-order valence-corrected chi connectivity index (χ2v) is 11.9. The van der Waals surface area contributed by atoms with Gasteiger partial charge in [0.25, 0.3) is 0 Å². The van der Waals surface area contributed by atoms with Crippen molar-refractivity contribution in [2.24, 2.45) is 23.2 Å². The third kappa shape index (κ3) is 3.13. The first kappa shape index (κ1) is 18.5. The summed E-state index contributed by atoms with van der Waals surface area (Å²) < 4.78 is 29.4. The van der Waals surface area contributed by atoms with Crippen LogP contribution in [0.25, 0.3) is 0 Å². The predicted molar refractivity (Wildman–Crippen MR) is 100 cm³/mol. The van der Waals surface area contributed by atoms with Gasteiger partial charge in [0.05, 0.1) is 17.4 Å². The molecule has 2 saturated carbocycles. The molecule has 4 aliphatic rings. The molecule has 0 spiro atoms. The highest BCUT2D eigenvalue weighted by atomic mass is 32.2. The average molecular weight is 382 g/mol. The minimum absolute atomic E-state index is 0.0153. The number of rotatable bonds is 3. The molecule has 4 rings (SSSR count). The van der Waals surface area contributed by atoms with Crippen molar-refractivity contribution in [3.63, 3.8) is 0 Å². The topological polar surface area (TPSA) is 72.5 Å². The number of carbonyl (C=O) groups excluding carboxylic acids is 1. The third-order valence-electron chi connectivity index (χ3n) is 7.57. The van der Waals surface area contributed by atoms with E-state index >= 15 is 0 Å². The largest absolute Gasteiger partial charge is 0.462 e. The van der Waals surface area contributed by atoms with Gasteiger partial charge in [0, 0.05) is 18.0 Å². The zero-order valence-corrected chi connectivity index (χ0v) is 16.7. The summed E-state index contributed by atoms with van der Waals surface area (Å²) in [5, 5.41) is 3.41. The molecule has 0 amide bonds. The normalized spacial score (nSPS) is 47.3. The van der Waals surface area contributed by atoms with Crippen molar-refractivity contribution in [2.45, 2.75) is 64.0 Å². The van der Waals surface area contributed by atoms with Gasteiger partial charge >= 0.3 is 5.97 Å². The number of hydrogen-bond acceptors (Lipinski definition) is 5. The van der Waals surface area contributed by atoms with Crippen LogP contribution in [0.3, 0.4) is 0 Å². The molecule has 1 N–H and O–H groups in total. The van der Waals surface area contributed by atoms with E-state index < -0.39 is 15.4 Å². The molecule has 5 nitrogen and oxygen atoms in total. The summed E-state index contributed by atoms with van der Waals surface area (Å²) in [6, 6.07) is 0. The fourth-order valence-electron chi connectivity index (χ4n) is 6.00. The second-order valence-electron chi connectivity index (χ2n) is 9.69. The molecule has 26 heavy (non-hydrogen) atoms. The highest BCUT2D eigenvalue weighted by Crippen LogP contribution is 2.56. The molecule has 4 fully saturated rings. The standard InChI is InChI=1S/C20H31NO4S/c1-13-5-4-6-19(2)10-17-14(9-16(13)19)15(18(22)25-17)11-21-20(3)7-8-26(23,24)12-20/h14-17,21H,1,4-12H2,2-3H3/t14-,15-,16+,17-,19-,20-/m1/s1. The van der Waals surface area contributed by atoms with Crippen LogP contribution in [0.5, 0.6) is 0 Å². The molecular weight excluding hydrogens is 350 g/mol. The molecule has 0 aromatic rings. The van der Waals surface area contributed by atoms with Gasteiger partial charge in [0.2, 0.25) is 0 Å². The smallest absolute Gasteiger partial charge is 0.310 e. The fraction of sp³-hybridized carbons (Fsp3) is 0.850. The van der Waals surface area contributed by atoms with Gasteiger partial charge in [-0.05, 0) is 56.8 Å². The Bertz CT molecular complexity index is 732. The summed E-state index contributed by atoms with van der Waals surface area (Å²) in [4.78, 5) is 12.6. The lowest BCUT2D eigenvalue weighted by molar-refractivity contribution is -0.146. The molecule has 2 aliphatic carbocycles. The zero-order chi connectivity index (χ0) is 18.7. The van der Waals surface area contributed by atoms with E-state index in [2.05, 4.69) is 18.8 Å². The quantitative estimate of drug-likeness (QED) is 0.601. The number of fused-ring (bicyclic) bond motifs is 2. The van der Waals surface area contributed by atoms with Crippen molar-refractivity contribution in [3.05, 3.63) is 12.2 Å². The van der Waals surface area contributed by atoms with Gasteiger partial charge in [-0.15, -0.1) is 0 Å². The van der Waals surface area contributed by atoms with E-state index in [1.165, 1.54) is 18.4 Å². The first-order chi connectivity index (χ1) is 12.1. The van der Waals surface area contributed by atoms with Crippen LogP contribution in [0.4, 0.5) is 0 Å². The lowest BCUT2D eigenvalue weighted by atomic mass is 9.55. The zero-order valence-electron chi connectivity index (χ0n) is 15.9. The monoisotopic (exact) mass is 381 g/mol. The van der Waals surface area contributed by atoms with E-state index in [4.69, 9.17) is 4.74 Å². The summed E-state index contributed by atoms with van der Waals surface area (Å²) in [5.41, 5.74) is 1.14. The van der Waals surface area contributed by atoms with Crippen molar-refractivity contribution in [3.8, 4) is 0 Å². The first-order valence-corrected chi connectivity index (χ1v) is 11.8. The number of sulfone groups is 1. The van der Waals surface area contributed by atoms with E-state index in [0.717, 1.165) is 19.3 Å². The van der Waals surface area contributed by atoms with Crippen LogP contribution in [0.15, 0.2) is 12.2 Å². The van der Waals surface area contributed by atoms with Crippen LogP contribution >= 0.6 is 0 Å². The lowest BCUT2D eigenvalue weighted by Gasteiger charge is -2.50. The molecule has 0 unspecified atom stereocenters. The highest BCUT2D eigenvalue weighted by Gasteiger charge is 2.55. The van der Waals surface area contributed by atoms with Gasteiger partial charge in [0.1, 0.15) is 6.10 Å². The first-order valence-electron chi connectivity index (χ1n) is 9.95. The Kier molecular flexibility index (Phi) is 4.31. The summed E-state index contributed by atoms with van der Waals surface area (Å²) in [7, 11) is -2.96. The van der Waals surface area contributed by atoms with Crippen LogP contribution in [0.1, 0.15) is 52.4 Å². The molecule has 2 saturated heterocycles. The molecular formula is C20H31NO4S. The molecule has 0 radical (unpaired) electrons. The van der Waals surface area contributed by atoms with Crippen LogP contribution in [-0.4, -0.2) is 44.1 Å². The minimum Gasteiger partial charge on any atom is -0.462 e. The van der Waals surface area contributed by atoms with E-state index in [1.807, 2.05) is 6.92 Å². The number of allylic oxidation sites excluding steroid dienone is 1. The van der Waals surface area contributed by atoms with Gasteiger partial charge in [-0.1, -0.05) is 19.1 Å². The number of hydrogen-bond donors (Lipinski definition) is 1. The fourth-order valence-corrected chi connectivity index (χ4v) is 8.12. The van der Waals surface area contributed by atoms with E-state index in [1.54, 1.807) is 0 Å². The summed E-state index contributed by atoms with van der Waals surface area (Å²) >= 11 is 0. The van der Waals surface area contributed by atoms with Crippen LogP contribution in [-0.2, 0) is 19.4 Å². The van der Waals surface area contributed by atoms with Crippen LogP contribution < -0.4 is 5.32 Å². The number of esters is 1. The molecule has 146 valence electrons. The summed E-state index contributed by atoms with van der Waals surface area (Å²) in [5.74, 6) is 0.830. The summed E-state index contributed by atoms with van der Waals surface area (Å²) in [6.07, 6.45) is 6.03. The molecule has 0 bridgehead atoms. The Labute approximate surface area is 156 Å². The Morgan fingerprint density at radius 3 is 2.77 bits per heavy atom. The van der Waals surface area contributed by atoms with Crippen LogP contribution in [0.2, 0.25) is 0 Å². The SMILES string of the molecule is C=C1CCC[C@]2(C)C[C@H]3OC(=O)[C@H](CN[C@]4(C)CCS(=O)(=O)C4)[C@H]3C[C@@H]12. The maximum Gasteiger partial charge on any atom is 0.310 e. The maximum absolute atomic E-state index is 12.6. The average Bonchev–Trinajstić information content (AvgIpc) is 2.98. The van der Waals surface area contributed by atoms with Gasteiger partial charge in [-0.2, -0.15) is 0 Å². The Balaban J connectivity index is 1.47. The van der Waals surface area contributed by atoms with Crippen molar-refractivity contribution >= 4 is 15.8 Å². The van der Waals surface area contributed by atoms with E-state index in [-0.39, 0.29) is 40.8 Å².